The Hall–Kier alpha value is -1.25. The molecular formula is C19H25NS. The Morgan fingerprint density at radius 1 is 0.905 bits per heavy atom. The number of nitrogens with one attached hydrogen (secondary N) is 1. The third-order valence-electron chi connectivity index (χ3n) is 3.85. The van der Waals surface area contributed by atoms with Crippen LogP contribution in [-0.2, 0) is 0 Å². The average Bonchev–Trinajstić information content (AvgIpc) is 2.56. The van der Waals surface area contributed by atoms with Crippen LogP contribution in [0.3, 0.4) is 0 Å². The van der Waals surface area contributed by atoms with Gasteiger partial charge in [-0.1, -0.05) is 74.5 Å². The van der Waals surface area contributed by atoms with E-state index >= 15 is 0 Å². The van der Waals surface area contributed by atoms with Gasteiger partial charge >= 0.3 is 0 Å². The van der Waals surface area contributed by atoms with Gasteiger partial charge in [0, 0.05) is 16.5 Å². The molecule has 0 fully saturated rings. The second-order valence-corrected chi connectivity index (χ2v) is 6.95. The second kappa shape index (κ2) is 8.26. The van der Waals surface area contributed by atoms with Crippen LogP contribution in [0.15, 0.2) is 60.7 Å². The summed E-state index contributed by atoms with van der Waals surface area (Å²) in [7, 11) is 2.06. The van der Waals surface area contributed by atoms with E-state index in [-0.39, 0.29) is 0 Å². The topological polar surface area (TPSA) is 12.0 Å². The Morgan fingerprint density at radius 3 is 1.90 bits per heavy atom. The fraction of sp³-hybridized carbons (Fsp3) is 0.368. The fourth-order valence-corrected chi connectivity index (χ4v) is 3.95. The van der Waals surface area contributed by atoms with Crippen molar-refractivity contribution in [1.82, 2.24) is 5.32 Å². The summed E-state index contributed by atoms with van der Waals surface area (Å²) in [4.78, 5) is 0. The number of rotatable bonds is 7. The molecule has 0 aliphatic carbocycles. The van der Waals surface area contributed by atoms with Crippen LogP contribution >= 0.6 is 11.8 Å². The van der Waals surface area contributed by atoms with Gasteiger partial charge in [-0.05, 0) is 24.6 Å². The molecule has 2 aromatic carbocycles. The minimum Gasteiger partial charge on any atom is -0.312 e. The van der Waals surface area contributed by atoms with Crippen molar-refractivity contribution in [2.45, 2.75) is 36.8 Å². The lowest BCUT2D eigenvalue weighted by Gasteiger charge is -2.29. The molecule has 1 nitrogen and oxygen atoms in total. The number of thioether (sulfide) groups is 1. The van der Waals surface area contributed by atoms with Crippen molar-refractivity contribution >= 4 is 11.8 Å². The summed E-state index contributed by atoms with van der Waals surface area (Å²) in [6.45, 7) is 4.58. The predicted molar refractivity (Wildman–Crippen MR) is 94.8 cm³/mol. The van der Waals surface area contributed by atoms with E-state index in [9.17, 15) is 0 Å². The van der Waals surface area contributed by atoms with Crippen molar-refractivity contribution in [3.63, 3.8) is 0 Å². The predicted octanol–water partition coefficient (Wildman–Crippen LogP) is 5.22. The maximum Gasteiger partial charge on any atom is 0.0494 e. The molecule has 21 heavy (non-hydrogen) atoms. The SMILES string of the molecule is CCC(C)SC(c1ccccc1)C(NC)c1ccccc1. The van der Waals surface area contributed by atoms with Crippen LogP contribution in [0.1, 0.15) is 42.7 Å². The third kappa shape index (κ3) is 4.36. The smallest absolute Gasteiger partial charge is 0.0494 e. The molecule has 0 saturated heterocycles. The molecule has 112 valence electrons. The van der Waals surface area contributed by atoms with E-state index in [0.29, 0.717) is 16.5 Å². The zero-order valence-electron chi connectivity index (χ0n) is 13.1. The van der Waals surface area contributed by atoms with Crippen LogP contribution in [0.4, 0.5) is 0 Å². The van der Waals surface area contributed by atoms with E-state index in [2.05, 4.69) is 98.6 Å². The first-order valence-electron chi connectivity index (χ1n) is 7.68. The lowest BCUT2D eigenvalue weighted by atomic mass is 9.98. The van der Waals surface area contributed by atoms with Crippen LogP contribution in [-0.4, -0.2) is 12.3 Å². The highest BCUT2D eigenvalue weighted by Crippen LogP contribution is 2.42. The number of hydrogen-bond donors (Lipinski definition) is 1. The van der Waals surface area contributed by atoms with E-state index in [1.165, 1.54) is 17.5 Å². The van der Waals surface area contributed by atoms with E-state index in [1.54, 1.807) is 0 Å². The van der Waals surface area contributed by atoms with Gasteiger partial charge in [-0.3, -0.25) is 0 Å². The van der Waals surface area contributed by atoms with Gasteiger partial charge in [0.15, 0.2) is 0 Å². The van der Waals surface area contributed by atoms with Crippen LogP contribution in [0, 0.1) is 0 Å². The van der Waals surface area contributed by atoms with Crippen LogP contribution in [0.2, 0.25) is 0 Å². The van der Waals surface area contributed by atoms with Crippen molar-refractivity contribution in [3.8, 4) is 0 Å². The summed E-state index contributed by atoms with van der Waals surface area (Å²) in [6, 6.07) is 21.9. The Bertz CT molecular complexity index is 512. The molecule has 0 bridgehead atoms. The first kappa shape index (κ1) is 16.1. The molecule has 0 aliphatic rings. The molecule has 0 aliphatic heterocycles. The lowest BCUT2D eigenvalue weighted by molar-refractivity contribution is 0.579. The standard InChI is InChI=1S/C19H25NS/c1-4-15(2)21-19(17-13-9-6-10-14-17)18(20-3)16-11-7-5-8-12-16/h5-15,18-20H,4H2,1-3H3. The molecule has 0 radical (unpaired) electrons. The number of benzene rings is 2. The van der Waals surface area contributed by atoms with Crippen LogP contribution < -0.4 is 5.32 Å². The van der Waals surface area contributed by atoms with E-state index in [1.807, 2.05) is 0 Å². The molecule has 2 heteroatoms. The first-order valence-corrected chi connectivity index (χ1v) is 8.63. The first-order chi connectivity index (χ1) is 10.3. The molecule has 1 N–H and O–H groups in total. The summed E-state index contributed by atoms with van der Waals surface area (Å²) in [5.74, 6) is 0. The Labute approximate surface area is 133 Å². The van der Waals surface area contributed by atoms with Crippen LogP contribution in [0.25, 0.3) is 0 Å². The zero-order chi connectivity index (χ0) is 15.1. The number of hydrogen-bond acceptors (Lipinski definition) is 2. The maximum atomic E-state index is 3.53. The molecule has 0 amide bonds. The molecule has 3 unspecified atom stereocenters. The molecule has 0 saturated carbocycles. The summed E-state index contributed by atoms with van der Waals surface area (Å²) in [6.07, 6.45) is 1.19. The van der Waals surface area contributed by atoms with E-state index in [0.717, 1.165) is 0 Å². The quantitative estimate of drug-likeness (QED) is 0.752. The molecule has 0 heterocycles. The van der Waals surface area contributed by atoms with Gasteiger partial charge in [-0.25, -0.2) is 0 Å². The molecular weight excluding hydrogens is 274 g/mol. The average molecular weight is 299 g/mol. The number of likely N-dealkylation sites (N-methyl/N-ethyl adjacent to an activating group) is 1. The van der Waals surface area contributed by atoms with Crippen molar-refractivity contribution in [3.05, 3.63) is 71.8 Å². The highest BCUT2D eigenvalue weighted by Gasteiger charge is 2.25. The third-order valence-corrected chi connectivity index (χ3v) is 5.49. The second-order valence-electron chi connectivity index (χ2n) is 5.36. The van der Waals surface area contributed by atoms with Gasteiger partial charge < -0.3 is 5.32 Å². The van der Waals surface area contributed by atoms with Crippen LogP contribution in [0.5, 0.6) is 0 Å². The van der Waals surface area contributed by atoms with Crippen molar-refractivity contribution in [2.24, 2.45) is 0 Å². The van der Waals surface area contributed by atoms with Gasteiger partial charge in [0.2, 0.25) is 0 Å². The normalized spacial score (nSPS) is 15.4. The summed E-state index contributed by atoms with van der Waals surface area (Å²) < 4.78 is 0. The van der Waals surface area contributed by atoms with Crippen molar-refractivity contribution < 1.29 is 0 Å². The fourth-order valence-electron chi connectivity index (χ4n) is 2.49. The zero-order valence-corrected chi connectivity index (χ0v) is 13.9. The molecule has 2 rings (SSSR count). The Kier molecular flexibility index (Phi) is 6.34. The highest BCUT2D eigenvalue weighted by molar-refractivity contribution is 8.00. The Morgan fingerprint density at radius 2 is 1.43 bits per heavy atom. The van der Waals surface area contributed by atoms with Crippen molar-refractivity contribution in [1.29, 1.82) is 0 Å². The van der Waals surface area contributed by atoms with E-state index < -0.39 is 0 Å². The minimum absolute atomic E-state index is 0.326. The maximum absolute atomic E-state index is 3.53. The van der Waals surface area contributed by atoms with Gasteiger partial charge in [-0.15, -0.1) is 11.8 Å². The van der Waals surface area contributed by atoms with Gasteiger partial charge in [0.05, 0.1) is 0 Å². The van der Waals surface area contributed by atoms with Gasteiger partial charge in [-0.2, -0.15) is 0 Å². The Balaban J connectivity index is 2.33. The minimum atomic E-state index is 0.326. The van der Waals surface area contributed by atoms with Gasteiger partial charge in [0.25, 0.3) is 0 Å². The lowest BCUT2D eigenvalue weighted by Crippen LogP contribution is -2.23. The summed E-state index contributed by atoms with van der Waals surface area (Å²) >= 11 is 2.06. The largest absolute Gasteiger partial charge is 0.312 e. The molecule has 0 spiro atoms. The summed E-state index contributed by atoms with van der Waals surface area (Å²) in [5, 5.41) is 4.60. The van der Waals surface area contributed by atoms with Crippen molar-refractivity contribution in [2.75, 3.05) is 7.05 Å². The van der Waals surface area contributed by atoms with E-state index in [4.69, 9.17) is 0 Å². The molecule has 3 atom stereocenters. The molecule has 2 aromatic rings. The van der Waals surface area contributed by atoms with Gasteiger partial charge in [0.1, 0.15) is 0 Å². The highest BCUT2D eigenvalue weighted by atomic mass is 32.2. The molecule has 0 aromatic heterocycles. The summed E-state index contributed by atoms with van der Waals surface area (Å²) in [5.41, 5.74) is 2.75. The monoisotopic (exact) mass is 299 g/mol.